The number of alkyl halides is 2. The zero-order chi connectivity index (χ0) is 17.7. The molecule has 0 aromatic heterocycles. The van der Waals surface area contributed by atoms with Crippen molar-refractivity contribution < 1.29 is 18.4 Å². The molecule has 0 spiro atoms. The highest BCUT2D eigenvalue weighted by molar-refractivity contribution is 6.00. The number of nitrogens with one attached hydrogen (secondary N) is 3. The summed E-state index contributed by atoms with van der Waals surface area (Å²) >= 11 is 0. The van der Waals surface area contributed by atoms with E-state index >= 15 is 0 Å². The van der Waals surface area contributed by atoms with Gasteiger partial charge in [0.1, 0.15) is 0 Å². The summed E-state index contributed by atoms with van der Waals surface area (Å²) in [4.78, 5) is 22.4. The summed E-state index contributed by atoms with van der Waals surface area (Å²) in [7, 11) is 0. The predicted molar refractivity (Wildman–Crippen MR) is 89.5 cm³/mol. The highest BCUT2D eigenvalue weighted by atomic mass is 19.3. The molecular formula is C17H17F2N3O2. The number of halogens is 2. The second-order valence-electron chi connectivity index (χ2n) is 5.34. The Kier molecular flexibility index (Phi) is 5.13. The van der Waals surface area contributed by atoms with Gasteiger partial charge >= 0.3 is 6.03 Å². The van der Waals surface area contributed by atoms with Crippen LogP contribution in [0.5, 0.6) is 0 Å². The first-order chi connectivity index (χ1) is 11.3. The van der Waals surface area contributed by atoms with E-state index in [1.165, 1.54) is 24.3 Å². The summed E-state index contributed by atoms with van der Waals surface area (Å²) in [5.41, 5.74) is 2.00. The zero-order valence-corrected chi connectivity index (χ0v) is 13.2. The van der Waals surface area contributed by atoms with Crippen LogP contribution in [0, 0.1) is 6.92 Å². The van der Waals surface area contributed by atoms with E-state index in [-0.39, 0.29) is 11.3 Å². The van der Waals surface area contributed by atoms with Crippen LogP contribution in [0.1, 0.15) is 18.1 Å². The molecule has 0 aliphatic heterocycles. The molecular weight excluding hydrogens is 316 g/mol. The normalized spacial score (nSPS) is 10.8. The average Bonchev–Trinajstić information content (AvgIpc) is 2.49. The van der Waals surface area contributed by atoms with Crippen molar-refractivity contribution in [2.24, 2.45) is 0 Å². The molecule has 5 nitrogen and oxygen atoms in total. The Morgan fingerprint density at radius 1 is 1.08 bits per heavy atom. The van der Waals surface area contributed by atoms with Crippen molar-refractivity contribution in [3.05, 3.63) is 53.6 Å². The molecule has 0 atom stereocenters. The topological polar surface area (TPSA) is 70.2 Å². The van der Waals surface area contributed by atoms with Crippen molar-refractivity contribution in [2.75, 3.05) is 16.0 Å². The lowest BCUT2D eigenvalue weighted by molar-refractivity contribution is -0.105. The number of carbonyl (C=O) groups excluding carboxylic acids is 2. The molecule has 0 bridgehead atoms. The van der Waals surface area contributed by atoms with Gasteiger partial charge in [-0.3, -0.25) is 4.79 Å². The van der Waals surface area contributed by atoms with E-state index in [0.717, 1.165) is 12.5 Å². The number of amides is 3. The first-order valence-corrected chi connectivity index (χ1v) is 7.17. The molecule has 0 radical (unpaired) electrons. The Morgan fingerprint density at radius 2 is 1.75 bits per heavy atom. The van der Waals surface area contributed by atoms with Crippen molar-refractivity contribution in [2.45, 2.75) is 19.8 Å². The number of hydrogen-bond acceptors (Lipinski definition) is 2. The van der Waals surface area contributed by atoms with E-state index in [0.29, 0.717) is 17.8 Å². The SMILES string of the molecule is Cc1cc(NC(=O)Nc2cccc(C(C)(F)F)c2)ccc1NC=O. The largest absolute Gasteiger partial charge is 0.328 e. The second-order valence-corrected chi connectivity index (χ2v) is 5.34. The fourth-order valence-corrected chi connectivity index (χ4v) is 2.13. The van der Waals surface area contributed by atoms with Gasteiger partial charge in [-0.2, -0.15) is 0 Å². The third kappa shape index (κ3) is 4.52. The fraction of sp³-hybridized carbons (Fsp3) is 0.176. The molecule has 2 aromatic rings. The lowest BCUT2D eigenvalue weighted by Gasteiger charge is -2.13. The lowest BCUT2D eigenvalue weighted by atomic mass is 10.1. The van der Waals surface area contributed by atoms with Gasteiger partial charge in [-0.1, -0.05) is 12.1 Å². The first kappa shape index (κ1) is 17.4. The third-order valence-electron chi connectivity index (χ3n) is 3.33. The number of aryl methyl sites for hydroxylation is 1. The highest BCUT2D eigenvalue weighted by Crippen LogP contribution is 2.28. The second kappa shape index (κ2) is 7.08. The van der Waals surface area contributed by atoms with E-state index in [2.05, 4.69) is 16.0 Å². The van der Waals surface area contributed by atoms with Crippen LogP contribution in [-0.2, 0) is 10.7 Å². The molecule has 0 aliphatic rings. The van der Waals surface area contributed by atoms with Gasteiger partial charge in [0.15, 0.2) is 0 Å². The summed E-state index contributed by atoms with van der Waals surface area (Å²) in [6.45, 7) is 2.58. The van der Waals surface area contributed by atoms with E-state index in [9.17, 15) is 18.4 Å². The minimum atomic E-state index is -2.98. The zero-order valence-electron chi connectivity index (χ0n) is 13.2. The van der Waals surface area contributed by atoms with E-state index in [1.54, 1.807) is 25.1 Å². The molecule has 2 aromatic carbocycles. The maximum absolute atomic E-state index is 13.3. The Morgan fingerprint density at radius 3 is 2.33 bits per heavy atom. The van der Waals surface area contributed by atoms with Crippen LogP contribution in [-0.4, -0.2) is 12.4 Å². The molecule has 3 amide bonds. The number of benzene rings is 2. The van der Waals surface area contributed by atoms with Crippen molar-refractivity contribution in [3.8, 4) is 0 Å². The lowest BCUT2D eigenvalue weighted by Crippen LogP contribution is -2.20. The molecule has 0 fully saturated rings. The molecule has 24 heavy (non-hydrogen) atoms. The van der Waals surface area contributed by atoms with Crippen LogP contribution < -0.4 is 16.0 Å². The minimum Gasteiger partial charge on any atom is -0.328 e. The van der Waals surface area contributed by atoms with Crippen LogP contribution in [0.3, 0.4) is 0 Å². The average molecular weight is 333 g/mol. The minimum absolute atomic E-state index is 0.180. The molecule has 3 N–H and O–H groups in total. The Hall–Kier alpha value is -2.96. The van der Waals surface area contributed by atoms with Crippen molar-refractivity contribution in [3.63, 3.8) is 0 Å². The van der Waals surface area contributed by atoms with Crippen LogP contribution >= 0.6 is 0 Å². The quantitative estimate of drug-likeness (QED) is 0.713. The van der Waals surface area contributed by atoms with Gasteiger partial charge in [-0.05, 0) is 42.8 Å². The van der Waals surface area contributed by atoms with E-state index in [4.69, 9.17) is 0 Å². The predicted octanol–water partition coefficient (Wildman–Crippen LogP) is 4.32. The maximum Gasteiger partial charge on any atom is 0.323 e. The molecule has 0 heterocycles. The third-order valence-corrected chi connectivity index (χ3v) is 3.33. The summed E-state index contributed by atoms with van der Waals surface area (Å²) < 4.78 is 26.6. The molecule has 126 valence electrons. The van der Waals surface area contributed by atoms with Gasteiger partial charge < -0.3 is 16.0 Å². The number of urea groups is 1. The van der Waals surface area contributed by atoms with E-state index in [1.807, 2.05) is 0 Å². The van der Waals surface area contributed by atoms with Gasteiger partial charge in [0.05, 0.1) is 0 Å². The standard InChI is InChI=1S/C17H17F2N3O2/c1-11-8-14(6-7-15(11)20-10-23)22-16(24)21-13-5-3-4-12(9-13)17(2,18)19/h3-10H,1-2H3,(H,20,23)(H2,21,22,24). The molecule has 0 unspecified atom stereocenters. The van der Waals surface area contributed by atoms with E-state index < -0.39 is 12.0 Å². The molecule has 0 saturated heterocycles. The monoisotopic (exact) mass is 333 g/mol. The summed E-state index contributed by atoms with van der Waals surface area (Å²) in [5, 5.41) is 7.65. The highest BCUT2D eigenvalue weighted by Gasteiger charge is 2.24. The summed E-state index contributed by atoms with van der Waals surface area (Å²) in [6, 6.07) is 9.90. The van der Waals surface area contributed by atoms with Crippen LogP contribution in [0.25, 0.3) is 0 Å². The number of carbonyl (C=O) groups is 2. The summed E-state index contributed by atoms with van der Waals surface area (Å²) in [6.07, 6.45) is 0.568. The summed E-state index contributed by atoms with van der Waals surface area (Å²) in [5.74, 6) is -2.98. The molecule has 2 rings (SSSR count). The first-order valence-electron chi connectivity index (χ1n) is 7.17. The number of rotatable bonds is 5. The van der Waals surface area contributed by atoms with Crippen molar-refractivity contribution in [1.82, 2.24) is 0 Å². The van der Waals surface area contributed by atoms with Gasteiger partial charge in [-0.15, -0.1) is 0 Å². The number of hydrogen-bond donors (Lipinski definition) is 3. The van der Waals surface area contributed by atoms with Crippen LogP contribution in [0.2, 0.25) is 0 Å². The van der Waals surface area contributed by atoms with Crippen LogP contribution in [0.15, 0.2) is 42.5 Å². The van der Waals surface area contributed by atoms with Gasteiger partial charge in [0.2, 0.25) is 6.41 Å². The molecule has 0 saturated carbocycles. The Bertz CT molecular complexity index is 758. The van der Waals surface area contributed by atoms with Gasteiger partial charge in [0, 0.05) is 29.5 Å². The number of anilines is 3. The van der Waals surface area contributed by atoms with Crippen molar-refractivity contribution >= 4 is 29.5 Å². The molecule has 7 heteroatoms. The van der Waals surface area contributed by atoms with Crippen LogP contribution in [0.4, 0.5) is 30.6 Å². The Labute approximate surface area is 138 Å². The maximum atomic E-state index is 13.3. The molecule has 0 aliphatic carbocycles. The van der Waals surface area contributed by atoms with Gasteiger partial charge in [-0.25, -0.2) is 13.6 Å². The van der Waals surface area contributed by atoms with Crippen molar-refractivity contribution in [1.29, 1.82) is 0 Å². The fourth-order valence-electron chi connectivity index (χ4n) is 2.13. The Balaban J connectivity index is 2.06. The smallest absolute Gasteiger partial charge is 0.323 e. The van der Waals surface area contributed by atoms with Gasteiger partial charge in [0.25, 0.3) is 5.92 Å².